The SMILES string of the molecule is C1=C/CC[n+]2cccc(c2)CCCCCC/C=C/CC[n+]2cccc(c2)CCCCCC/1. The second-order valence-electron chi connectivity index (χ2n) is 9.33. The van der Waals surface area contributed by atoms with Gasteiger partial charge in [-0.1, -0.05) is 50.0 Å². The van der Waals surface area contributed by atoms with Gasteiger partial charge >= 0.3 is 0 Å². The molecule has 0 aliphatic carbocycles. The number of aryl methyl sites for hydroxylation is 4. The van der Waals surface area contributed by atoms with Crippen molar-refractivity contribution < 1.29 is 9.13 Å². The summed E-state index contributed by atoms with van der Waals surface area (Å²) in [7, 11) is 0. The Morgan fingerprint density at radius 1 is 0.469 bits per heavy atom. The minimum Gasteiger partial charge on any atom is -0.205 e. The summed E-state index contributed by atoms with van der Waals surface area (Å²) in [6.07, 6.45) is 36.4. The van der Waals surface area contributed by atoms with Crippen molar-refractivity contribution in [2.75, 3.05) is 0 Å². The molecule has 0 unspecified atom stereocenters. The minimum atomic E-state index is 1.09. The molecule has 1 aliphatic rings. The molecule has 3 heterocycles. The molecule has 0 saturated heterocycles. The van der Waals surface area contributed by atoms with Crippen molar-refractivity contribution in [3.8, 4) is 0 Å². The first-order valence-electron chi connectivity index (χ1n) is 13.2. The van der Waals surface area contributed by atoms with Gasteiger partial charge in [-0.15, -0.1) is 0 Å². The zero-order valence-electron chi connectivity index (χ0n) is 20.1. The molecule has 0 N–H and O–H groups in total. The Balaban J connectivity index is 1.47. The fourth-order valence-electron chi connectivity index (χ4n) is 4.53. The molecule has 1 aliphatic heterocycles. The molecule has 0 aromatic carbocycles. The van der Waals surface area contributed by atoms with E-state index in [1.165, 1.54) is 88.2 Å². The highest BCUT2D eigenvalue weighted by atomic mass is 14.9. The quantitative estimate of drug-likeness (QED) is 0.317. The second kappa shape index (κ2) is 15.6. The van der Waals surface area contributed by atoms with Gasteiger partial charge in [-0.2, -0.15) is 0 Å². The number of hydrogen-bond donors (Lipinski definition) is 0. The highest BCUT2D eigenvalue weighted by molar-refractivity contribution is 5.06. The molecule has 2 heteroatoms. The minimum absolute atomic E-state index is 1.09. The summed E-state index contributed by atoms with van der Waals surface area (Å²) in [5.74, 6) is 0. The number of fused-ring (bicyclic) bond motifs is 4. The van der Waals surface area contributed by atoms with Crippen molar-refractivity contribution in [3.63, 3.8) is 0 Å². The first-order valence-corrected chi connectivity index (χ1v) is 13.2. The van der Waals surface area contributed by atoms with E-state index in [0.717, 1.165) is 25.9 Å². The van der Waals surface area contributed by atoms with Crippen molar-refractivity contribution in [1.29, 1.82) is 0 Å². The fourth-order valence-corrected chi connectivity index (χ4v) is 4.53. The molecule has 0 radical (unpaired) electrons. The number of allylic oxidation sites excluding steroid dienone is 4. The molecular formula is C30H44N2+2. The van der Waals surface area contributed by atoms with Gasteiger partial charge in [-0.3, -0.25) is 0 Å². The molecule has 172 valence electrons. The summed E-state index contributed by atoms with van der Waals surface area (Å²) in [5, 5.41) is 0. The van der Waals surface area contributed by atoms with Crippen LogP contribution in [0.25, 0.3) is 0 Å². The lowest BCUT2D eigenvalue weighted by Gasteiger charge is -2.02. The van der Waals surface area contributed by atoms with Gasteiger partial charge in [0.1, 0.15) is 0 Å². The smallest absolute Gasteiger partial charge is 0.171 e. The average molecular weight is 433 g/mol. The number of nitrogens with zero attached hydrogens (tertiary/aromatic N) is 2. The molecule has 0 amide bonds. The van der Waals surface area contributed by atoms with Gasteiger partial charge in [-0.25, -0.2) is 9.13 Å². The molecule has 0 fully saturated rings. The van der Waals surface area contributed by atoms with Gasteiger partial charge in [0.25, 0.3) is 0 Å². The largest absolute Gasteiger partial charge is 0.205 e. The maximum absolute atomic E-state index is 2.39. The van der Waals surface area contributed by atoms with E-state index in [1.54, 1.807) is 0 Å². The number of rotatable bonds is 0. The number of pyridine rings is 2. The van der Waals surface area contributed by atoms with Crippen LogP contribution < -0.4 is 9.13 Å². The fraction of sp³-hybridized carbons (Fsp3) is 0.533. The monoisotopic (exact) mass is 432 g/mol. The molecular weight excluding hydrogens is 388 g/mol. The van der Waals surface area contributed by atoms with Gasteiger partial charge in [0.15, 0.2) is 37.9 Å². The van der Waals surface area contributed by atoms with Gasteiger partial charge in [0, 0.05) is 36.1 Å². The predicted molar refractivity (Wildman–Crippen MR) is 134 cm³/mol. The summed E-state index contributed by atoms with van der Waals surface area (Å²) in [4.78, 5) is 0. The Labute approximate surface area is 196 Å². The van der Waals surface area contributed by atoms with E-state index in [2.05, 4.69) is 82.5 Å². The van der Waals surface area contributed by atoms with Gasteiger partial charge in [0.2, 0.25) is 0 Å². The Morgan fingerprint density at radius 3 is 1.41 bits per heavy atom. The maximum atomic E-state index is 2.39. The van der Waals surface area contributed by atoms with Crippen LogP contribution in [-0.2, 0) is 25.9 Å². The first kappa shape index (κ1) is 24.4. The Bertz CT molecular complexity index is 752. The van der Waals surface area contributed by atoms with E-state index in [1.807, 2.05) is 0 Å². The Hall–Kier alpha value is -2.22. The van der Waals surface area contributed by atoms with Crippen molar-refractivity contribution in [2.45, 2.75) is 103 Å². The molecule has 0 saturated carbocycles. The van der Waals surface area contributed by atoms with Crippen LogP contribution in [-0.4, -0.2) is 0 Å². The van der Waals surface area contributed by atoms with E-state index < -0.39 is 0 Å². The molecule has 4 bridgehead atoms. The number of hydrogen-bond acceptors (Lipinski definition) is 0. The summed E-state index contributed by atoms with van der Waals surface area (Å²) in [5.41, 5.74) is 2.97. The third kappa shape index (κ3) is 10.4. The number of aromatic nitrogens is 2. The van der Waals surface area contributed by atoms with Gasteiger partial charge in [0.05, 0.1) is 0 Å². The summed E-state index contributed by atoms with van der Waals surface area (Å²) < 4.78 is 4.73. The van der Waals surface area contributed by atoms with Crippen LogP contribution in [0.4, 0.5) is 0 Å². The van der Waals surface area contributed by atoms with E-state index in [4.69, 9.17) is 0 Å². The van der Waals surface area contributed by atoms with Gasteiger partial charge in [-0.05, 0) is 63.5 Å². The normalized spacial score (nSPS) is 20.2. The Kier molecular flexibility index (Phi) is 11.9. The highest BCUT2D eigenvalue weighted by Gasteiger charge is 2.03. The summed E-state index contributed by atoms with van der Waals surface area (Å²) in [6, 6.07) is 9.01. The van der Waals surface area contributed by atoms with Crippen molar-refractivity contribution in [3.05, 3.63) is 84.5 Å². The van der Waals surface area contributed by atoms with Crippen molar-refractivity contribution in [1.82, 2.24) is 0 Å². The molecule has 32 heavy (non-hydrogen) atoms. The van der Waals surface area contributed by atoms with Crippen LogP contribution in [0, 0.1) is 0 Å². The maximum Gasteiger partial charge on any atom is 0.171 e. The third-order valence-corrected chi connectivity index (χ3v) is 6.45. The summed E-state index contributed by atoms with van der Waals surface area (Å²) in [6.45, 7) is 2.18. The zero-order valence-corrected chi connectivity index (χ0v) is 20.1. The van der Waals surface area contributed by atoms with Crippen LogP contribution in [0.5, 0.6) is 0 Å². The average Bonchev–Trinajstić information content (AvgIpc) is 2.81. The van der Waals surface area contributed by atoms with Crippen LogP contribution in [0.2, 0.25) is 0 Å². The van der Waals surface area contributed by atoms with E-state index in [0.29, 0.717) is 0 Å². The van der Waals surface area contributed by atoms with E-state index in [9.17, 15) is 0 Å². The van der Waals surface area contributed by atoms with Crippen LogP contribution >= 0.6 is 0 Å². The zero-order chi connectivity index (χ0) is 22.1. The molecule has 2 nitrogen and oxygen atoms in total. The van der Waals surface area contributed by atoms with E-state index in [-0.39, 0.29) is 0 Å². The lowest BCUT2D eigenvalue weighted by molar-refractivity contribution is -0.696. The third-order valence-electron chi connectivity index (χ3n) is 6.45. The second-order valence-corrected chi connectivity index (χ2v) is 9.33. The molecule has 2 aromatic heterocycles. The predicted octanol–water partition coefficient (Wildman–Crippen LogP) is 6.85. The Morgan fingerprint density at radius 2 is 0.906 bits per heavy atom. The lowest BCUT2D eigenvalue weighted by atomic mass is 10.1. The molecule has 0 atom stereocenters. The van der Waals surface area contributed by atoms with Crippen molar-refractivity contribution >= 4 is 0 Å². The van der Waals surface area contributed by atoms with Gasteiger partial charge < -0.3 is 0 Å². The lowest BCUT2D eigenvalue weighted by Crippen LogP contribution is -2.32. The highest BCUT2D eigenvalue weighted by Crippen LogP contribution is 2.10. The van der Waals surface area contributed by atoms with Crippen LogP contribution in [0.3, 0.4) is 0 Å². The first-order chi connectivity index (χ1) is 15.9. The molecule has 0 spiro atoms. The van der Waals surface area contributed by atoms with E-state index >= 15 is 0 Å². The van der Waals surface area contributed by atoms with Crippen LogP contribution in [0.1, 0.15) is 88.2 Å². The molecule has 2 aromatic rings. The standard InChI is InChI=1S/C30H44N2/c1-3-7-11-15-23-31-25-18-22-30(28-31)20-14-10-6-2-4-8-12-16-24-32-26-17-21-29(27-32)19-13-9-5-1/h7-8,11-12,17-18,21-22,25-28H,1-6,9-10,13-16,19-20,23-24H2/q+2/b11-7+,12-8+. The topological polar surface area (TPSA) is 7.76 Å². The summed E-state index contributed by atoms with van der Waals surface area (Å²) >= 11 is 0. The van der Waals surface area contributed by atoms with Crippen molar-refractivity contribution in [2.24, 2.45) is 0 Å². The molecule has 3 rings (SSSR count). The van der Waals surface area contributed by atoms with Crippen LogP contribution in [0.15, 0.2) is 73.4 Å².